The van der Waals surface area contributed by atoms with Crippen molar-refractivity contribution in [2.24, 2.45) is 0 Å². The van der Waals surface area contributed by atoms with Gasteiger partial charge < -0.3 is 9.84 Å². The van der Waals surface area contributed by atoms with Crippen LogP contribution in [0, 0.1) is 0 Å². The third kappa shape index (κ3) is 25.3. The second-order valence-corrected chi connectivity index (χ2v) is 9.94. The smallest absolute Gasteiger partial charge is 0.306 e. The monoisotopic (exact) mass is 480 g/mol. The lowest BCUT2D eigenvalue weighted by molar-refractivity contribution is -0.150. The van der Waals surface area contributed by atoms with Crippen LogP contribution in [0.4, 0.5) is 0 Å². The third-order valence-corrected chi connectivity index (χ3v) is 6.49. The molecule has 0 aliphatic rings. The molecule has 0 heterocycles. The van der Waals surface area contributed by atoms with Gasteiger partial charge in [-0.05, 0) is 57.8 Å². The second kappa shape index (κ2) is 26.3. The van der Waals surface area contributed by atoms with Gasteiger partial charge >= 0.3 is 11.9 Å². The molecule has 0 amide bonds. The molecule has 0 aromatic heterocycles. The predicted octanol–water partition coefficient (Wildman–Crippen LogP) is 9.55. The number of hydrogen-bond acceptors (Lipinski definition) is 3. The zero-order chi connectivity index (χ0) is 25.1. The van der Waals surface area contributed by atoms with Gasteiger partial charge in [0.25, 0.3) is 0 Å². The van der Waals surface area contributed by atoms with Gasteiger partial charge in [0.1, 0.15) is 6.10 Å². The van der Waals surface area contributed by atoms with Crippen molar-refractivity contribution in [3.8, 4) is 0 Å². The van der Waals surface area contributed by atoms with Crippen LogP contribution in [0.1, 0.15) is 162 Å². The number of unbranched alkanes of at least 4 members (excludes halogenated alkanes) is 15. The molecule has 1 atom stereocenters. The normalized spacial score (nSPS) is 12.3. The summed E-state index contributed by atoms with van der Waals surface area (Å²) in [7, 11) is 0. The van der Waals surface area contributed by atoms with Crippen molar-refractivity contribution >= 4 is 11.9 Å². The minimum atomic E-state index is -0.704. The fraction of sp³-hybridized carbons (Fsp3) is 0.867. The topological polar surface area (TPSA) is 63.6 Å². The van der Waals surface area contributed by atoms with E-state index < -0.39 is 5.97 Å². The highest BCUT2D eigenvalue weighted by molar-refractivity contribution is 5.69. The highest BCUT2D eigenvalue weighted by Gasteiger charge is 2.14. The first-order valence-electron chi connectivity index (χ1n) is 14.7. The molecular formula is C30H56O4. The highest BCUT2D eigenvalue weighted by atomic mass is 16.5. The summed E-state index contributed by atoms with van der Waals surface area (Å²) in [5.74, 6) is -0.719. The standard InChI is InChI=1S/C30H56O4/c1-3-5-7-9-10-11-12-13-14-19-23-27-30(33)34-28(24-20-16-8-6-4-2)25-21-17-15-18-22-26-29(31)32/h9-10,28H,3-8,11-27H2,1-2H3,(H,31,32)/b10-9-. The van der Waals surface area contributed by atoms with Crippen LogP contribution in [0.3, 0.4) is 0 Å². The van der Waals surface area contributed by atoms with Crippen LogP contribution in [-0.4, -0.2) is 23.1 Å². The molecule has 4 nitrogen and oxygen atoms in total. The Labute approximate surface area is 211 Å². The number of ether oxygens (including phenoxy) is 1. The minimum Gasteiger partial charge on any atom is -0.481 e. The lowest BCUT2D eigenvalue weighted by Crippen LogP contribution is -2.18. The summed E-state index contributed by atoms with van der Waals surface area (Å²) in [6, 6.07) is 0. The van der Waals surface area contributed by atoms with Crippen molar-refractivity contribution in [3.05, 3.63) is 12.2 Å². The van der Waals surface area contributed by atoms with Crippen molar-refractivity contribution in [2.45, 2.75) is 168 Å². The lowest BCUT2D eigenvalue weighted by Gasteiger charge is -2.18. The highest BCUT2D eigenvalue weighted by Crippen LogP contribution is 2.18. The number of hydrogen-bond donors (Lipinski definition) is 1. The Bertz CT molecular complexity index is 486. The van der Waals surface area contributed by atoms with E-state index in [1.807, 2.05) is 0 Å². The summed E-state index contributed by atoms with van der Waals surface area (Å²) in [4.78, 5) is 23.0. The zero-order valence-corrected chi connectivity index (χ0v) is 22.7. The maximum Gasteiger partial charge on any atom is 0.306 e. The molecule has 0 saturated heterocycles. The number of rotatable bonds is 26. The molecule has 0 bridgehead atoms. The van der Waals surface area contributed by atoms with Gasteiger partial charge in [-0.25, -0.2) is 0 Å². The van der Waals surface area contributed by atoms with E-state index in [1.54, 1.807) is 0 Å². The molecule has 0 saturated carbocycles. The Morgan fingerprint density at radius 1 is 0.618 bits per heavy atom. The SMILES string of the molecule is CCCC/C=C\CCCCCCCC(=O)OC(CCCCCCC)CCCCCCCC(=O)O. The Kier molecular flexibility index (Phi) is 25.3. The molecule has 0 spiro atoms. The minimum absolute atomic E-state index is 0.0149. The van der Waals surface area contributed by atoms with E-state index in [4.69, 9.17) is 9.84 Å². The van der Waals surface area contributed by atoms with E-state index >= 15 is 0 Å². The number of carbonyl (C=O) groups is 2. The van der Waals surface area contributed by atoms with Gasteiger partial charge in [-0.3, -0.25) is 9.59 Å². The largest absolute Gasteiger partial charge is 0.481 e. The average molecular weight is 481 g/mol. The first-order valence-corrected chi connectivity index (χ1v) is 14.7. The second-order valence-electron chi connectivity index (χ2n) is 9.94. The molecule has 0 aromatic carbocycles. The molecular weight excluding hydrogens is 424 g/mol. The van der Waals surface area contributed by atoms with Gasteiger partial charge in [0.15, 0.2) is 0 Å². The van der Waals surface area contributed by atoms with Crippen LogP contribution in [-0.2, 0) is 14.3 Å². The molecule has 0 rings (SSSR count). The Balaban J connectivity index is 3.96. The van der Waals surface area contributed by atoms with E-state index in [0.717, 1.165) is 64.2 Å². The maximum atomic E-state index is 12.4. The third-order valence-electron chi connectivity index (χ3n) is 6.49. The van der Waals surface area contributed by atoms with E-state index in [9.17, 15) is 9.59 Å². The van der Waals surface area contributed by atoms with E-state index in [0.29, 0.717) is 6.42 Å². The van der Waals surface area contributed by atoms with Gasteiger partial charge in [0.05, 0.1) is 0 Å². The predicted molar refractivity (Wildman–Crippen MR) is 144 cm³/mol. The average Bonchev–Trinajstić information content (AvgIpc) is 2.81. The molecule has 34 heavy (non-hydrogen) atoms. The molecule has 200 valence electrons. The molecule has 0 aromatic rings. The van der Waals surface area contributed by atoms with Crippen molar-refractivity contribution in [2.75, 3.05) is 0 Å². The molecule has 0 aliphatic heterocycles. The first kappa shape index (κ1) is 32.7. The number of allylic oxidation sites excluding steroid dienone is 2. The van der Waals surface area contributed by atoms with Crippen LogP contribution in [0.5, 0.6) is 0 Å². The molecule has 0 radical (unpaired) electrons. The number of carboxylic acids is 1. The zero-order valence-electron chi connectivity index (χ0n) is 22.7. The summed E-state index contributed by atoms with van der Waals surface area (Å²) in [6.45, 7) is 4.46. The van der Waals surface area contributed by atoms with E-state index in [-0.39, 0.29) is 18.5 Å². The molecule has 1 N–H and O–H groups in total. The van der Waals surface area contributed by atoms with Crippen LogP contribution >= 0.6 is 0 Å². The van der Waals surface area contributed by atoms with Crippen molar-refractivity contribution in [3.63, 3.8) is 0 Å². The molecule has 0 fully saturated rings. The molecule has 4 heteroatoms. The Hall–Kier alpha value is -1.32. The Morgan fingerprint density at radius 3 is 1.68 bits per heavy atom. The van der Waals surface area contributed by atoms with Gasteiger partial charge in [0.2, 0.25) is 0 Å². The Morgan fingerprint density at radius 2 is 1.09 bits per heavy atom. The lowest BCUT2D eigenvalue weighted by atomic mass is 10.0. The van der Waals surface area contributed by atoms with E-state index in [1.165, 1.54) is 70.6 Å². The summed E-state index contributed by atoms with van der Waals surface area (Å²) >= 11 is 0. The number of aliphatic carboxylic acids is 1. The van der Waals surface area contributed by atoms with Gasteiger partial charge in [0, 0.05) is 12.8 Å². The first-order chi connectivity index (χ1) is 16.6. The summed E-state index contributed by atoms with van der Waals surface area (Å²) in [5.41, 5.74) is 0. The summed E-state index contributed by atoms with van der Waals surface area (Å²) < 4.78 is 5.88. The summed E-state index contributed by atoms with van der Waals surface area (Å²) in [6.07, 6.45) is 29.3. The fourth-order valence-electron chi connectivity index (χ4n) is 4.28. The number of carbonyl (C=O) groups excluding carboxylic acids is 1. The van der Waals surface area contributed by atoms with E-state index in [2.05, 4.69) is 26.0 Å². The molecule has 0 aliphatic carbocycles. The summed E-state index contributed by atoms with van der Waals surface area (Å²) in [5, 5.41) is 8.72. The van der Waals surface area contributed by atoms with Gasteiger partial charge in [-0.2, -0.15) is 0 Å². The van der Waals surface area contributed by atoms with Crippen LogP contribution < -0.4 is 0 Å². The van der Waals surface area contributed by atoms with Crippen LogP contribution in [0.2, 0.25) is 0 Å². The van der Waals surface area contributed by atoms with Crippen LogP contribution in [0.25, 0.3) is 0 Å². The molecule has 1 unspecified atom stereocenters. The van der Waals surface area contributed by atoms with Crippen LogP contribution in [0.15, 0.2) is 12.2 Å². The quantitative estimate of drug-likeness (QED) is 0.0760. The van der Waals surface area contributed by atoms with Crippen molar-refractivity contribution in [1.82, 2.24) is 0 Å². The van der Waals surface area contributed by atoms with Crippen molar-refractivity contribution < 1.29 is 19.4 Å². The number of esters is 1. The van der Waals surface area contributed by atoms with Gasteiger partial charge in [-0.1, -0.05) is 103 Å². The maximum absolute atomic E-state index is 12.4. The van der Waals surface area contributed by atoms with Gasteiger partial charge in [-0.15, -0.1) is 0 Å². The van der Waals surface area contributed by atoms with Crippen molar-refractivity contribution in [1.29, 1.82) is 0 Å². The fourth-order valence-corrected chi connectivity index (χ4v) is 4.28. The number of carboxylic acid groups (broad SMARTS) is 1.